The number of hydrogen-bond donors (Lipinski definition) is 7. The Labute approximate surface area is 101 Å². The molecule has 0 radical (unpaired) electrons. The van der Waals surface area contributed by atoms with Gasteiger partial charge in [-0.05, 0) is 0 Å². The van der Waals surface area contributed by atoms with Gasteiger partial charge in [0.2, 0.25) is 5.79 Å². The van der Waals surface area contributed by atoms with Crippen LogP contribution in [0.15, 0.2) is 0 Å². The number of hydrogen-bond acceptors (Lipinski definition) is 8. The average Bonchev–Trinajstić information content (AvgIpc) is 2.28. The molecular weight excluding hydrogens is 275 g/mol. The number of aliphatic hydroxyl groups excluding tert-OH is 4. The standard InChI is InChI=1S/C7H15O10P/c8-2-7(12)6(11)5(10)4(9)3(17-7)1-16-18(13,14)15/h3-6,8-12H,1-2H2,(H2,13,14,15)/t3-,4-,5-,6+,7-/m0/s1. The molecule has 10 nitrogen and oxygen atoms in total. The molecule has 0 aromatic heterocycles. The maximum absolute atomic E-state index is 10.5. The maximum atomic E-state index is 10.5. The van der Waals surface area contributed by atoms with E-state index >= 15 is 0 Å². The second-order valence-electron chi connectivity index (χ2n) is 3.87. The van der Waals surface area contributed by atoms with Crippen LogP contribution in [-0.2, 0) is 13.8 Å². The van der Waals surface area contributed by atoms with E-state index in [0.29, 0.717) is 0 Å². The quantitative estimate of drug-likeness (QED) is 0.254. The molecule has 0 saturated carbocycles. The number of phosphoric ester groups is 1. The molecule has 0 aliphatic carbocycles. The molecule has 0 amide bonds. The van der Waals surface area contributed by atoms with Crippen LogP contribution in [0.25, 0.3) is 0 Å². The fourth-order valence-electron chi connectivity index (χ4n) is 1.51. The third-order valence-electron chi connectivity index (χ3n) is 2.51. The van der Waals surface area contributed by atoms with Gasteiger partial charge in [0.05, 0.1) is 13.2 Å². The van der Waals surface area contributed by atoms with E-state index in [9.17, 15) is 25.0 Å². The molecule has 1 aliphatic heterocycles. The lowest BCUT2D eigenvalue weighted by atomic mass is 9.93. The fourth-order valence-corrected chi connectivity index (χ4v) is 1.85. The van der Waals surface area contributed by atoms with Gasteiger partial charge in [-0.15, -0.1) is 0 Å². The third-order valence-corrected chi connectivity index (χ3v) is 2.99. The smallest absolute Gasteiger partial charge is 0.391 e. The van der Waals surface area contributed by atoms with Crippen LogP contribution >= 0.6 is 7.82 Å². The molecular formula is C7H15O10P. The van der Waals surface area contributed by atoms with Crippen LogP contribution in [0, 0.1) is 0 Å². The molecule has 1 aliphatic rings. The van der Waals surface area contributed by atoms with Gasteiger partial charge in [-0.25, -0.2) is 4.57 Å². The first-order valence-electron chi connectivity index (χ1n) is 4.86. The van der Waals surface area contributed by atoms with Gasteiger partial charge in [-0.2, -0.15) is 0 Å². The number of ether oxygens (including phenoxy) is 1. The molecule has 1 saturated heterocycles. The van der Waals surface area contributed by atoms with Gasteiger partial charge < -0.3 is 40.1 Å². The van der Waals surface area contributed by atoms with E-state index in [0.717, 1.165) is 0 Å². The van der Waals surface area contributed by atoms with Gasteiger partial charge >= 0.3 is 7.82 Å². The molecule has 1 rings (SSSR count). The lowest BCUT2D eigenvalue weighted by molar-refractivity contribution is -0.357. The van der Waals surface area contributed by atoms with Gasteiger partial charge in [0.25, 0.3) is 0 Å². The molecule has 1 heterocycles. The van der Waals surface area contributed by atoms with E-state index in [4.69, 9.17) is 19.6 Å². The summed E-state index contributed by atoms with van der Waals surface area (Å²) in [6, 6.07) is 0. The summed E-state index contributed by atoms with van der Waals surface area (Å²) in [6.07, 6.45) is -7.14. The average molecular weight is 290 g/mol. The highest BCUT2D eigenvalue weighted by molar-refractivity contribution is 7.46. The Kier molecular flexibility index (Phi) is 4.84. The van der Waals surface area contributed by atoms with Crippen molar-refractivity contribution in [1.82, 2.24) is 0 Å². The summed E-state index contributed by atoms with van der Waals surface area (Å²) in [5, 5.41) is 46.7. The van der Waals surface area contributed by atoms with Crippen LogP contribution in [0.2, 0.25) is 0 Å². The summed E-state index contributed by atoms with van der Waals surface area (Å²) in [7, 11) is -4.82. The first-order valence-corrected chi connectivity index (χ1v) is 6.39. The predicted molar refractivity (Wildman–Crippen MR) is 52.9 cm³/mol. The van der Waals surface area contributed by atoms with Crippen molar-refractivity contribution in [1.29, 1.82) is 0 Å². The normalized spacial score (nSPS) is 41.9. The minimum atomic E-state index is -4.82. The van der Waals surface area contributed by atoms with Crippen LogP contribution in [0.4, 0.5) is 0 Å². The van der Waals surface area contributed by atoms with Gasteiger partial charge in [-0.1, -0.05) is 0 Å². The monoisotopic (exact) mass is 290 g/mol. The Morgan fingerprint density at radius 3 is 2.22 bits per heavy atom. The zero-order chi connectivity index (χ0) is 14.1. The lowest BCUT2D eigenvalue weighted by Gasteiger charge is -2.44. The fraction of sp³-hybridized carbons (Fsp3) is 1.00. The van der Waals surface area contributed by atoms with Crippen LogP contribution < -0.4 is 0 Å². The summed E-state index contributed by atoms with van der Waals surface area (Å²) in [6.45, 7) is -1.94. The Hall–Kier alpha value is -0.130. The van der Waals surface area contributed by atoms with E-state index in [1.165, 1.54) is 0 Å². The molecule has 0 spiro atoms. The van der Waals surface area contributed by atoms with E-state index in [1.54, 1.807) is 0 Å². The highest BCUT2D eigenvalue weighted by Gasteiger charge is 2.52. The Balaban J connectivity index is 2.77. The van der Waals surface area contributed by atoms with Crippen molar-refractivity contribution in [2.24, 2.45) is 0 Å². The van der Waals surface area contributed by atoms with E-state index < -0.39 is 51.2 Å². The summed E-state index contributed by atoms with van der Waals surface area (Å²) in [5.74, 6) is -2.55. The second-order valence-corrected chi connectivity index (χ2v) is 5.11. The van der Waals surface area contributed by atoms with Gasteiger partial charge in [0.1, 0.15) is 24.4 Å². The number of phosphoric acid groups is 1. The van der Waals surface area contributed by atoms with Gasteiger partial charge in [-0.3, -0.25) is 4.52 Å². The first-order chi connectivity index (χ1) is 8.10. The second kappa shape index (κ2) is 5.47. The summed E-state index contributed by atoms with van der Waals surface area (Å²) in [5.41, 5.74) is 0. The summed E-state index contributed by atoms with van der Waals surface area (Å²) in [4.78, 5) is 16.9. The highest BCUT2D eigenvalue weighted by Crippen LogP contribution is 2.37. The minimum absolute atomic E-state index is 0.850. The number of rotatable bonds is 4. The molecule has 0 aromatic carbocycles. The Morgan fingerprint density at radius 1 is 1.22 bits per heavy atom. The molecule has 18 heavy (non-hydrogen) atoms. The largest absolute Gasteiger partial charge is 0.469 e. The summed E-state index contributed by atoms with van der Waals surface area (Å²) >= 11 is 0. The van der Waals surface area contributed by atoms with Crippen molar-refractivity contribution < 1.29 is 49.1 Å². The Morgan fingerprint density at radius 2 is 1.78 bits per heavy atom. The SMILES string of the molecule is O=P(O)(O)OC[C@@H]1O[C@@](O)(CO)[C@H](O)[C@@H](O)[C@H]1O. The van der Waals surface area contributed by atoms with Crippen molar-refractivity contribution in [2.45, 2.75) is 30.2 Å². The molecule has 0 unspecified atom stereocenters. The van der Waals surface area contributed by atoms with Crippen LogP contribution in [-0.4, -0.2) is 78.7 Å². The lowest BCUT2D eigenvalue weighted by Crippen LogP contribution is -2.66. The molecule has 0 bridgehead atoms. The van der Waals surface area contributed by atoms with E-state index in [1.807, 2.05) is 0 Å². The first kappa shape index (κ1) is 15.9. The minimum Gasteiger partial charge on any atom is -0.391 e. The molecule has 11 heteroatoms. The van der Waals surface area contributed by atoms with Crippen molar-refractivity contribution in [2.75, 3.05) is 13.2 Å². The highest BCUT2D eigenvalue weighted by atomic mass is 31.2. The zero-order valence-electron chi connectivity index (χ0n) is 9.03. The van der Waals surface area contributed by atoms with Crippen LogP contribution in [0.1, 0.15) is 0 Å². The molecule has 1 fully saturated rings. The molecule has 0 aromatic rings. The Bertz CT molecular complexity index is 330. The molecule has 5 atom stereocenters. The molecule has 7 N–H and O–H groups in total. The van der Waals surface area contributed by atoms with Crippen molar-refractivity contribution >= 4 is 7.82 Å². The van der Waals surface area contributed by atoms with Crippen molar-refractivity contribution in [3.63, 3.8) is 0 Å². The van der Waals surface area contributed by atoms with Crippen molar-refractivity contribution in [3.8, 4) is 0 Å². The topological polar surface area (TPSA) is 177 Å². The summed E-state index contributed by atoms with van der Waals surface area (Å²) < 4.78 is 19.2. The van der Waals surface area contributed by atoms with Crippen LogP contribution in [0.5, 0.6) is 0 Å². The van der Waals surface area contributed by atoms with Gasteiger partial charge in [0.15, 0.2) is 0 Å². The van der Waals surface area contributed by atoms with Gasteiger partial charge in [0, 0.05) is 0 Å². The zero-order valence-corrected chi connectivity index (χ0v) is 9.92. The van der Waals surface area contributed by atoms with E-state index in [2.05, 4.69) is 4.52 Å². The third kappa shape index (κ3) is 3.45. The molecule has 108 valence electrons. The van der Waals surface area contributed by atoms with Crippen molar-refractivity contribution in [3.05, 3.63) is 0 Å². The van der Waals surface area contributed by atoms with E-state index in [-0.39, 0.29) is 0 Å². The maximum Gasteiger partial charge on any atom is 0.469 e. The van der Waals surface area contributed by atoms with Crippen LogP contribution in [0.3, 0.4) is 0 Å². The predicted octanol–water partition coefficient (Wildman–Crippen LogP) is -3.74. The number of aliphatic hydroxyl groups is 5.